The summed E-state index contributed by atoms with van der Waals surface area (Å²) in [5, 5.41) is 15.8. The number of esters is 4. The maximum absolute atomic E-state index is 12.9. The zero-order chi connectivity index (χ0) is 28.3. The maximum Gasteiger partial charge on any atom is 0.348 e. The van der Waals surface area contributed by atoms with Gasteiger partial charge in [0.05, 0.1) is 53.5 Å². The molecule has 0 aliphatic carbocycles. The summed E-state index contributed by atoms with van der Waals surface area (Å²) < 4.78 is 9.47. The van der Waals surface area contributed by atoms with Crippen molar-refractivity contribution in [3.8, 4) is 0 Å². The van der Waals surface area contributed by atoms with Crippen molar-refractivity contribution in [1.82, 2.24) is 0 Å². The van der Waals surface area contributed by atoms with Gasteiger partial charge >= 0.3 is 35.8 Å². The first-order valence-electron chi connectivity index (χ1n) is 9.89. The van der Waals surface area contributed by atoms with Crippen molar-refractivity contribution in [3.05, 3.63) is 102 Å². The Labute approximate surface area is 232 Å². The lowest BCUT2D eigenvalue weighted by atomic mass is 10.1. The Kier molecular flexibility index (Phi) is 8.74. The van der Waals surface area contributed by atoms with Crippen molar-refractivity contribution in [1.29, 1.82) is 0 Å². The van der Waals surface area contributed by atoms with Gasteiger partial charge in [0.1, 0.15) is 0 Å². The molecule has 0 amide bonds. The Morgan fingerprint density at radius 2 is 0.816 bits per heavy atom. The Morgan fingerprint density at radius 1 is 0.500 bits per heavy atom. The Bertz CT molecular complexity index is 1430. The van der Waals surface area contributed by atoms with Crippen LogP contribution in [0.4, 0.5) is 0 Å². The van der Waals surface area contributed by atoms with Gasteiger partial charge in [0.15, 0.2) is 0 Å². The average Bonchev–Trinajstić information content (AvgIpc) is 2.89. The highest BCUT2D eigenvalue weighted by Gasteiger charge is 2.33. The lowest BCUT2D eigenvalue weighted by Gasteiger charge is -2.14. The molecule has 0 fully saturated rings. The summed E-state index contributed by atoms with van der Waals surface area (Å²) in [6.45, 7) is 0. The van der Waals surface area contributed by atoms with Crippen LogP contribution in [0.15, 0.2) is 48.5 Å². The van der Waals surface area contributed by atoms with Crippen LogP contribution >= 0.6 is 46.4 Å². The number of hydrogen-bond donors (Lipinski definition) is 2. The summed E-state index contributed by atoms with van der Waals surface area (Å²) in [4.78, 5) is 73.1. The molecule has 0 unspecified atom stereocenters. The number of carbonyl (C=O) groups excluding carboxylic acids is 4. The second-order valence-electron chi connectivity index (χ2n) is 7.13. The fourth-order valence-electron chi connectivity index (χ4n) is 2.96. The topological polar surface area (TPSA) is 161 Å². The van der Waals surface area contributed by atoms with Gasteiger partial charge in [-0.05, 0) is 36.4 Å². The van der Waals surface area contributed by atoms with E-state index in [0.717, 1.165) is 24.3 Å². The second kappa shape index (κ2) is 11.6. The summed E-state index contributed by atoms with van der Waals surface area (Å²) >= 11 is 24.2. The molecule has 0 aliphatic heterocycles. The minimum Gasteiger partial charge on any atom is -0.478 e. The van der Waals surface area contributed by atoms with Crippen LogP contribution < -0.4 is 0 Å². The number of hydrogen-bond acceptors (Lipinski definition) is 8. The fraction of sp³-hybridized carbons (Fsp3) is 0. The molecular formula is C24H10Cl4O10. The number of carboxylic acids is 2. The van der Waals surface area contributed by atoms with Gasteiger partial charge in [-0.15, -0.1) is 0 Å². The van der Waals surface area contributed by atoms with Crippen molar-refractivity contribution in [2.45, 2.75) is 0 Å². The molecular weight excluding hydrogens is 590 g/mol. The monoisotopic (exact) mass is 598 g/mol. The number of ether oxygens (including phenoxy) is 2. The zero-order valence-corrected chi connectivity index (χ0v) is 21.3. The van der Waals surface area contributed by atoms with Gasteiger partial charge in [-0.1, -0.05) is 58.5 Å². The van der Waals surface area contributed by atoms with Crippen LogP contribution in [-0.2, 0) is 9.47 Å². The maximum atomic E-state index is 12.9. The van der Waals surface area contributed by atoms with E-state index in [0.29, 0.717) is 0 Å². The third-order valence-electron chi connectivity index (χ3n) is 4.74. The van der Waals surface area contributed by atoms with Gasteiger partial charge in [-0.25, -0.2) is 28.8 Å². The normalized spacial score (nSPS) is 10.4. The number of carbonyl (C=O) groups is 6. The average molecular weight is 600 g/mol. The van der Waals surface area contributed by atoms with E-state index in [2.05, 4.69) is 0 Å². The zero-order valence-electron chi connectivity index (χ0n) is 18.3. The molecule has 194 valence electrons. The molecule has 0 saturated carbocycles. The van der Waals surface area contributed by atoms with E-state index in [1.54, 1.807) is 0 Å². The number of aromatic carboxylic acids is 2. The van der Waals surface area contributed by atoms with Gasteiger partial charge in [0.2, 0.25) is 0 Å². The van der Waals surface area contributed by atoms with Crippen LogP contribution in [-0.4, -0.2) is 46.0 Å². The number of benzene rings is 3. The molecule has 0 heterocycles. The van der Waals surface area contributed by atoms with E-state index in [-0.39, 0.29) is 22.3 Å². The molecule has 14 heteroatoms. The number of rotatable bonds is 6. The van der Waals surface area contributed by atoms with Gasteiger partial charge in [-0.3, -0.25) is 0 Å². The Hall–Kier alpha value is -3.96. The molecule has 0 saturated heterocycles. The minimum atomic E-state index is -1.56. The van der Waals surface area contributed by atoms with Crippen LogP contribution in [0, 0.1) is 0 Å². The number of halogens is 4. The van der Waals surface area contributed by atoms with Crippen LogP contribution in [0.1, 0.15) is 62.1 Å². The highest BCUT2D eigenvalue weighted by molar-refractivity contribution is 6.54. The minimum absolute atomic E-state index is 0.280. The Morgan fingerprint density at radius 3 is 1.13 bits per heavy atom. The molecule has 0 spiro atoms. The molecule has 3 aromatic rings. The summed E-state index contributed by atoms with van der Waals surface area (Å²) in [5.41, 5.74) is -3.00. The van der Waals surface area contributed by atoms with E-state index in [1.165, 1.54) is 24.3 Å². The van der Waals surface area contributed by atoms with Crippen LogP contribution in [0.3, 0.4) is 0 Å². The van der Waals surface area contributed by atoms with Crippen molar-refractivity contribution >= 4 is 82.2 Å². The lowest BCUT2D eigenvalue weighted by molar-refractivity contribution is 0.0356. The molecule has 3 rings (SSSR count). The van der Waals surface area contributed by atoms with Crippen LogP contribution in [0.25, 0.3) is 0 Å². The fourth-order valence-corrected chi connectivity index (χ4v) is 3.97. The highest BCUT2D eigenvalue weighted by Crippen LogP contribution is 2.42. The highest BCUT2D eigenvalue weighted by atomic mass is 35.5. The van der Waals surface area contributed by atoms with E-state index in [9.17, 15) is 28.8 Å². The molecule has 2 N–H and O–H groups in total. The summed E-state index contributed by atoms with van der Waals surface area (Å²) in [7, 11) is 0. The molecule has 0 radical (unpaired) electrons. The van der Waals surface area contributed by atoms with E-state index >= 15 is 0 Å². The first-order chi connectivity index (χ1) is 17.8. The molecule has 0 atom stereocenters. The smallest absolute Gasteiger partial charge is 0.348 e. The molecule has 3 aromatic carbocycles. The van der Waals surface area contributed by atoms with E-state index in [4.69, 9.17) is 66.1 Å². The SMILES string of the molecule is O=C(O)c1cccc(C(=O)OC(=O)c2c(Cl)c(Cl)c(Cl)c(Cl)c2C(=O)OC(=O)c2cccc(C(=O)O)c2)c1. The number of carboxylic acid groups (broad SMARTS) is 2. The molecule has 10 nitrogen and oxygen atoms in total. The predicted molar refractivity (Wildman–Crippen MR) is 133 cm³/mol. The molecule has 0 bridgehead atoms. The first kappa shape index (κ1) is 28.6. The summed E-state index contributed by atoms with van der Waals surface area (Å²) in [6.07, 6.45) is 0. The lowest BCUT2D eigenvalue weighted by Crippen LogP contribution is -2.21. The Balaban J connectivity index is 1.99. The third kappa shape index (κ3) is 5.95. The molecule has 38 heavy (non-hydrogen) atoms. The van der Waals surface area contributed by atoms with Gasteiger partial charge in [0, 0.05) is 0 Å². The van der Waals surface area contributed by atoms with Gasteiger partial charge in [0.25, 0.3) is 0 Å². The quantitative estimate of drug-likeness (QED) is 0.156. The molecule has 0 aromatic heterocycles. The standard InChI is InChI=1S/C24H10Cl4O10/c25-15-13(23(35)37-21(33)11-5-1-3-9(7-11)19(29)30)14(16(26)18(28)17(15)27)24(36)38-22(34)12-6-2-4-10(8-12)20(31)32/h1-8H,(H,29,30)(H,31,32). The molecule has 0 aliphatic rings. The van der Waals surface area contributed by atoms with Crippen molar-refractivity contribution in [3.63, 3.8) is 0 Å². The summed E-state index contributed by atoms with van der Waals surface area (Å²) in [5.74, 6) is -8.47. The van der Waals surface area contributed by atoms with Crippen molar-refractivity contribution in [2.24, 2.45) is 0 Å². The van der Waals surface area contributed by atoms with Crippen LogP contribution in [0.5, 0.6) is 0 Å². The van der Waals surface area contributed by atoms with E-state index in [1.807, 2.05) is 0 Å². The van der Waals surface area contributed by atoms with E-state index < -0.39 is 67.0 Å². The predicted octanol–water partition coefficient (Wildman–Crippen LogP) is 5.69. The largest absolute Gasteiger partial charge is 0.478 e. The second-order valence-corrected chi connectivity index (χ2v) is 8.64. The third-order valence-corrected chi connectivity index (χ3v) is 6.54. The van der Waals surface area contributed by atoms with Crippen LogP contribution in [0.2, 0.25) is 20.1 Å². The van der Waals surface area contributed by atoms with Gasteiger partial charge in [-0.2, -0.15) is 0 Å². The van der Waals surface area contributed by atoms with Crippen molar-refractivity contribution < 1.29 is 48.5 Å². The first-order valence-corrected chi connectivity index (χ1v) is 11.4. The summed E-state index contributed by atoms with van der Waals surface area (Å²) in [6, 6.07) is 9.00. The van der Waals surface area contributed by atoms with Crippen molar-refractivity contribution in [2.75, 3.05) is 0 Å². The van der Waals surface area contributed by atoms with Gasteiger partial charge < -0.3 is 19.7 Å².